The highest BCUT2D eigenvalue weighted by Gasteiger charge is 2.29. The van der Waals surface area contributed by atoms with E-state index in [1.807, 2.05) is 4.57 Å². The van der Waals surface area contributed by atoms with Crippen LogP contribution >= 0.6 is 23.2 Å². The number of fused-ring (bicyclic) bond motifs is 1. The number of alkyl halides is 1. The second-order valence-electron chi connectivity index (χ2n) is 4.87. The van der Waals surface area contributed by atoms with Gasteiger partial charge >= 0.3 is 0 Å². The van der Waals surface area contributed by atoms with Gasteiger partial charge in [0.25, 0.3) is 0 Å². The molecule has 1 saturated carbocycles. The molecule has 2 aromatic heterocycles. The van der Waals surface area contributed by atoms with E-state index in [0.717, 1.165) is 29.8 Å². The molecule has 0 bridgehead atoms. The van der Waals surface area contributed by atoms with Crippen LogP contribution in [0, 0.1) is 5.92 Å². The van der Waals surface area contributed by atoms with Gasteiger partial charge in [-0.15, -0.1) is 11.6 Å². The zero-order chi connectivity index (χ0) is 14.1. The number of pyridine rings is 1. The molecule has 1 N–H and O–H groups in total. The van der Waals surface area contributed by atoms with Crippen LogP contribution in [-0.4, -0.2) is 27.0 Å². The van der Waals surface area contributed by atoms with E-state index in [1.165, 1.54) is 0 Å². The molecular weight excluding hydrogens is 299 g/mol. The lowest BCUT2D eigenvalue weighted by molar-refractivity contribution is -0.122. The van der Waals surface area contributed by atoms with Crippen molar-refractivity contribution in [2.75, 3.05) is 6.54 Å². The molecule has 0 unspecified atom stereocenters. The van der Waals surface area contributed by atoms with Crippen molar-refractivity contribution in [2.45, 2.75) is 25.3 Å². The van der Waals surface area contributed by atoms with E-state index in [0.29, 0.717) is 24.0 Å². The van der Waals surface area contributed by atoms with Crippen molar-refractivity contribution >= 4 is 40.3 Å². The average molecular weight is 313 g/mol. The first-order valence-electron chi connectivity index (χ1n) is 6.53. The van der Waals surface area contributed by atoms with Crippen molar-refractivity contribution in [1.82, 2.24) is 19.9 Å². The first-order valence-corrected chi connectivity index (χ1v) is 7.44. The van der Waals surface area contributed by atoms with Gasteiger partial charge in [0.15, 0.2) is 5.65 Å². The van der Waals surface area contributed by atoms with Gasteiger partial charge in [-0.2, -0.15) is 0 Å². The van der Waals surface area contributed by atoms with Crippen LogP contribution in [0.25, 0.3) is 11.2 Å². The van der Waals surface area contributed by atoms with Gasteiger partial charge in [-0.1, -0.05) is 11.6 Å². The highest BCUT2D eigenvalue weighted by atomic mass is 35.5. The fourth-order valence-electron chi connectivity index (χ4n) is 2.15. The van der Waals surface area contributed by atoms with E-state index in [-0.39, 0.29) is 11.8 Å². The molecule has 3 rings (SSSR count). The molecule has 0 aromatic carbocycles. The number of imidazole rings is 1. The van der Waals surface area contributed by atoms with E-state index in [4.69, 9.17) is 23.2 Å². The number of nitrogens with zero attached hydrogens (tertiary/aromatic N) is 3. The van der Waals surface area contributed by atoms with Crippen LogP contribution < -0.4 is 5.32 Å². The number of amides is 1. The summed E-state index contributed by atoms with van der Waals surface area (Å²) in [6, 6.07) is 1.76. The minimum absolute atomic E-state index is 0.137. The Labute approximate surface area is 126 Å². The Bertz CT molecular complexity index is 651. The third-order valence-electron chi connectivity index (χ3n) is 3.33. The first-order chi connectivity index (χ1) is 9.69. The SMILES string of the molecule is O=C(NCCn1c(CCl)nc2cc(Cl)cnc21)C1CC1. The summed E-state index contributed by atoms with van der Waals surface area (Å²) < 4.78 is 1.92. The topological polar surface area (TPSA) is 59.8 Å². The quantitative estimate of drug-likeness (QED) is 0.862. The number of carbonyl (C=O) groups excluding carboxylic acids is 1. The standard InChI is InChI=1S/C13H14Cl2N4O/c14-6-11-18-10-5-9(15)7-17-12(10)19(11)4-3-16-13(20)8-1-2-8/h5,7-8H,1-4,6H2,(H,16,20). The lowest BCUT2D eigenvalue weighted by Crippen LogP contribution is -2.28. The van der Waals surface area contributed by atoms with E-state index < -0.39 is 0 Å². The lowest BCUT2D eigenvalue weighted by Gasteiger charge is -2.08. The van der Waals surface area contributed by atoms with Gasteiger partial charge in [-0.05, 0) is 18.9 Å². The Morgan fingerprint density at radius 2 is 2.30 bits per heavy atom. The Morgan fingerprint density at radius 3 is 3.00 bits per heavy atom. The van der Waals surface area contributed by atoms with Crippen molar-refractivity contribution < 1.29 is 4.79 Å². The number of aromatic nitrogens is 3. The lowest BCUT2D eigenvalue weighted by atomic mass is 10.4. The van der Waals surface area contributed by atoms with Crippen molar-refractivity contribution in [3.05, 3.63) is 23.1 Å². The zero-order valence-corrected chi connectivity index (χ0v) is 12.3. The Kier molecular flexibility index (Phi) is 3.81. The largest absolute Gasteiger partial charge is 0.354 e. The van der Waals surface area contributed by atoms with Gasteiger partial charge in [0.2, 0.25) is 5.91 Å². The van der Waals surface area contributed by atoms with Crippen LogP contribution in [0.4, 0.5) is 0 Å². The molecule has 0 atom stereocenters. The predicted molar refractivity (Wildman–Crippen MR) is 77.8 cm³/mol. The molecule has 0 radical (unpaired) electrons. The van der Waals surface area contributed by atoms with Gasteiger partial charge in [-0.3, -0.25) is 4.79 Å². The van der Waals surface area contributed by atoms with Gasteiger partial charge in [0.1, 0.15) is 11.3 Å². The number of hydrogen-bond acceptors (Lipinski definition) is 3. The number of carbonyl (C=O) groups is 1. The fraction of sp³-hybridized carbons (Fsp3) is 0.462. The molecule has 106 valence electrons. The fourth-order valence-corrected chi connectivity index (χ4v) is 2.51. The number of rotatable bonds is 5. The Balaban J connectivity index is 1.76. The molecule has 1 amide bonds. The van der Waals surface area contributed by atoms with E-state index in [2.05, 4.69) is 15.3 Å². The third-order valence-corrected chi connectivity index (χ3v) is 3.78. The van der Waals surface area contributed by atoms with E-state index >= 15 is 0 Å². The summed E-state index contributed by atoms with van der Waals surface area (Å²) in [5, 5.41) is 3.47. The van der Waals surface area contributed by atoms with Gasteiger partial charge in [-0.25, -0.2) is 9.97 Å². The van der Waals surface area contributed by atoms with Gasteiger partial charge in [0.05, 0.1) is 10.9 Å². The predicted octanol–water partition coefficient (Wildman–Crippen LogP) is 2.35. The van der Waals surface area contributed by atoms with Crippen LogP contribution in [-0.2, 0) is 17.2 Å². The average Bonchev–Trinajstić information content (AvgIpc) is 3.22. The summed E-state index contributed by atoms with van der Waals surface area (Å²) in [5.41, 5.74) is 1.47. The van der Waals surface area contributed by atoms with Gasteiger partial charge in [0, 0.05) is 25.2 Å². The highest BCUT2D eigenvalue weighted by molar-refractivity contribution is 6.31. The molecule has 0 aliphatic heterocycles. The van der Waals surface area contributed by atoms with Crippen molar-refractivity contribution in [3.8, 4) is 0 Å². The molecule has 0 spiro atoms. The minimum Gasteiger partial charge on any atom is -0.354 e. The normalized spacial score (nSPS) is 14.7. The van der Waals surface area contributed by atoms with E-state index in [9.17, 15) is 4.79 Å². The summed E-state index contributed by atoms with van der Waals surface area (Å²) in [6.07, 6.45) is 3.60. The molecule has 1 fully saturated rings. The molecule has 7 heteroatoms. The van der Waals surface area contributed by atoms with Crippen LogP contribution in [0.5, 0.6) is 0 Å². The second kappa shape index (κ2) is 5.58. The summed E-state index contributed by atoms with van der Waals surface area (Å²) in [7, 11) is 0. The molecular formula is C13H14Cl2N4O. The van der Waals surface area contributed by atoms with Gasteiger partial charge < -0.3 is 9.88 Å². The monoisotopic (exact) mass is 312 g/mol. The van der Waals surface area contributed by atoms with Crippen molar-refractivity contribution in [1.29, 1.82) is 0 Å². The molecule has 0 saturated heterocycles. The van der Waals surface area contributed by atoms with E-state index in [1.54, 1.807) is 12.3 Å². The number of halogens is 2. The maximum absolute atomic E-state index is 11.6. The summed E-state index contributed by atoms with van der Waals surface area (Å²) in [5.74, 6) is 1.39. The van der Waals surface area contributed by atoms with Crippen LogP contribution in [0.3, 0.4) is 0 Å². The molecule has 2 aromatic rings. The zero-order valence-electron chi connectivity index (χ0n) is 10.8. The number of hydrogen-bond donors (Lipinski definition) is 1. The molecule has 1 aliphatic carbocycles. The van der Waals surface area contributed by atoms with Crippen LogP contribution in [0.15, 0.2) is 12.3 Å². The Hall–Kier alpha value is -1.33. The Morgan fingerprint density at radius 1 is 1.50 bits per heavy atom. The van der Waals surface area contributed by atoms with Crippen LogP contribution in [0.2, 0.25) is 5.02 Å². The molecule has 2 heterocycles. The first kappa shape index (κ1) is 13.6. The smallest absolute Gasteiger partial charge is 0.223 e. The minimum atomic E-state index is 0.137. The van der Waals surface area contributed by atoms with Crippen molar-refractivity contribution in [3.63, 3.8) is 0 Å². The molecule has 1 aliphatic rings. The highest BCUT2D eigenvalue weighted by Crippen LogP contribution is 2.28. The maximum atomic E-state index is 11.6. The summed E-state index contributed by atoms with van der Waals surface area (Å²) in [4.78, 5) is 20.3. The van der Waals surface area contributed by atoms with Crippen LogP contribution in [0.1, 0.15) is 18.7 Å². The molecule has 20 heavy (non-hydrogen) atoms. The number of nitrogens with one attached hydrogen (secondary N) is 1. The second-order valence-corrected chi connectivity index (χ2v) is 5.58. The summed E-state index contributed by atoms with van der Waals surface area (Å²) in [6.45, 7) is 1.15. The third kappa shape index (κ3) is 2.74. The summed E-state index contributed by atoms with van der Waals surface area (Å²) >= 11 is 11.8. The van der Waals surface area contributed by atoms with Crippen molar-refractivity contribution in [2.24, 2.45) is 5.92 Å². The maximum Gasteiger partial charge on any atom is 0.223 e. The molecule has 5 nitrogen and oxygen atoms in total.